The molecule has 1 aromatic rings. The molecule has 0 radical (unpaired) electrons. The summed E-state index contributed by atoms with van der Waals surface area (Å²) in [4.78, 5) is 24.0. The molecule has 3 nitrogen and oxygen atoms in total. The minimum atomic E-state index is -0.820. The molecule has 0 saturated heterocycles. The van der Waals surface area contributed by atoms with Crippen molar-refractivity contribution in [2.75, 3.05) is 5.32 Å². The molecule has 1 atom stereocenters. The third-order valence-corrected chi connectivity index (χ3v) is 3.25. The van der Waals surface area contributed by atoms with Crippen molar-refractivity contribution >= 4 is 34.5 Å². The highest BCUT2D eigenvalue weighted by molar-refractivity contribution is 7.80. The van der Waals surface area contributed by atoms with Gasteiger partial charge in [-0.2, -0.15) is 0 Å². The first-order valence-electron chi connectivity index (χ1n) is 5.38. The third-order valence-electron chi connectivity index (χ3n) is 2.92. The van der Waals surface area contributed by atoms with Gasteiger partial charge in [0, 0.05) is 5.56 Å². The molecule has 1 N–H and O–H groups in total. The van der Waals surface area contributed by atoms with E-state index in [-0.39, 0.29) is 11.6 Å². The number of hydrogen-bond donors (Lipinski definition) is 1. The second-order valence-corrected chi connectivity index (χ2v) is 4.84. The number of carbonyl (C=O) groups is 2. The van der Waals surface area contributed by atoms with Gasteiger partial charge in [0.15, 0.2) is 5.78 Å². The summed E-state index contributed by atoms with van der Waals surface area (Å²) in [6, 6.07) is 3.81. The highest BCUT2D eigenvalue weighted by Crippen LogP contribution is 2.30. The van der Waals surface area contributed by atoms with Crippen LogP contribution < -0.4 is 5.32 Å². The van der Waals surface area contributed by atoms with E-state index < -0.39 is 5.92 Å². The number of thiocarbonyl (C=S) groups is 1. The lowest BCUT2D eigenvalue weighted by Crippen LogP contribution is -2.38. The average molecular weight is 247 g/mol. The first kappa shape index (κ1) is 11.9. The lowest BCUT2D eigenvalue weighted by molar-refractivity contribution is -0.117. The summed E-state index contributed by atoms with van der Waals surface area (Å²) in [6.45, 7) is 5.22. The molecular formula is C13H13NO2S. The fraction of sp³-hybridized carbons (Fsp3) is 0.308. The van der Waals surface area contributed by atoms with Gasteiger partial charge in [0.05, 0.1) is 10.7 Å². The Bertz CT molecular complexity index is 549. The predicted molar refractivity (Wildman–Crippen MR) is 70.6 cm³/mol. The van der Waals surface area contributed by atoms with Crippen molar-refractivity contribution in [1.82, 2.24) is 0 Å². The van der Waals surface area contributed by atoms with Crippen LogP contribution in [0.2, 0.25) is 0 Å². The number of Topliss-reactive ketones (excluding diaryl/α,β-unsaturated/α-hetero) is 2. The zero-order valence-corrected chi connectivity index (χ0v) is 10.8. The lowest BCUT2D eigenvalue weighted by Gasteiger charge is -2.25. The number of aryl methyl sites for hydroxylation is 2. The minimum absolute atomic E-state index is 0.186. The van der Waals surface area contributed by atoms with Crippen molar-refractivity contribution in [2.45, 2.75) is 20.8 Å². The van der Waals surface area contributed by atoms with Gasteiger partial charge in [0.2, 0.25) is 0 Å². The third kappa shape index (κ3) is 1.89. The fourth-order valence-corrected chi connectivity index (χ4v) is 2.61. The number of fused-ring (bicyclic) bond motifs is 1. The maximum atomic E-state index is 12.3. The SMILES string of the molecule is CC(=O)C1C(=O)c2c(C)cc(C)cc2NC1=S. The van der Waals surface area contributed by atoms with E-state index in [4.69, 9.17) is 12.2 Å². The van der Waals surface area contributed by atoms with Gasteiger partial charge in [-0.15, -0.1) is 0 Å². The van der Waals surface area contributed by atoms with Gasteiger partial charge in [-0.1, -0.05) is 18.3 Å². The minimum Gasteiger partial charge on any atom is -0.348 e. The molecule has 17 heavy (non-hydrogen) atoms. The van der Waals surface area contributed by atoms with Crippen molar-refractivity contribution in [3.8, 4) is 0 Å². The van der Waals surface area contributed by atoms with Crippen LogP contribution in [0.25, 0.3) is 0 Å². The predicted octanol–water partition coefficient (Wildman–Crippen LogP) is 2.44. The zero-order valence-electron chi connectivity index (χ0n) is 9.96. The maximum Gasteiger partial charge on any atom is 0.182 e. The van der Waals surface area contributed by atoms with E-state index in [1.54, 1.807) is 0 Å². The average Bonchev–Trinajstić information content (AvgIpc) is 2.13. The quantitative estimate of drug-likeness (QED) is 0.611. The number of anilines is 1. The van der Waals surface area contributed by atoms with Gasteiger partial charge < -0.3 is 5.32 Å². The summed E-state index contributed by atoms with van der Waals surface area (Å²) in [6.07, 6.45) is 0. The Morgan fingerprint density at radius 2 is 2.00 bits per heavy atom. The molecule has 0 fully saturated rings. The topological polar surface area (TPSA) is 46.2 Å². The number of carbonyl (C=O) groups excluding carboxylic acids is 2. The molecule has 1 aromatic carbocycles. The summed E-state index contributed by atoms with van der Waals surface area (Å²) in [5.74, 6) is -1.22. The normalized spacial score (nSPS) is 18.6. The van der Waals surface area contributed by atoms with Crippen molar-refractivity contribution < 1.29 is 9.59 Å². The van der Waals surface area contributed by atoms with E-state index in [0.717, 1.165) is 16.8 Å². The van der Waals surface area contributed by atoms with Crippen LogP contribution in [0.5, 0.6) is 0 Å². The van der Waals surface area contributed by atoms with Crippen molar-refractivity contribution in [1.29, 1.82) is 0 Å². The van der Waals surface area contributed by atoms with E-state index in [1.807, 2.05) is 26.0 Å². The van der Waals surface area contributed by atoms with Gasteiger partial charge in [-0.3, -0.25) is 9.59 Å². The van der Waals surface area contributed by atoms with Crippen molar-refractivity contribution in [3.05, 3.63) is 28.8 Å². The van der Waals surface area contributed by atoms with E-state index in [1.165, 1.54) is 6.92 Å². The first-order chi connectivity index (χ1) is 7.91. The smallest absolute Gasteiger partial charge is 0.182 e. The molecular weight excluding hydrogens is 234 g/mol. The lowest BCUT2D eigenvalue weighted by atomic mass is 9.86. The molecule has 0 saturated carbocycles. The van der Waals surface area contributed by atoms with Crippen LogP contribution in [-0.2, 0) is 4.79 Å². The number of nitrogens with one attached hydrogen (secondary N) is 1. The molecule has 0 bridgehead atoms. The molecule has 0 amide bonds. The Morgan fingerprint density at radius 1 is 1.35 bits per heavy atom. The van der Waals surface area contributed by atoms with E-state index in [2.05, 4.69) is 5.32 Å². The molecule has 88 valence electrons. The number of hydrogen-bond acceptors (Lipinski definition) is 3. The van der Waals surface area contributed by atoms with Crippen LogP contribution in [0.3, 0.4) is 0 Å². The Kier molecular flexibility index (Phi) is 2.83. The molecule has 1 aliphatic rings. The molecule has 1 aliphatic heterocycles. The van der Waals surface area contributed by atoms with Crippen LogP contribution in [0, 0.1) is 19.8 Å². The summed E-state index contributed by atoms with van der Waals surface area (Å²) in [5, 5.41) is 2.99. The van der Waals surface area contributed by atoms with Crippen LogP contribution in [-0.4, -0.2) is 16.6 Å². The molecule has 4 heteroatoms. The molecule has 0 spiro atoms. The summed E-state index contributed by atoms with van der Waals surface area (Å²) >= 11 is 5.09. The van der Waals surface area contributed by atoms with E-state index in [9.17, 15) is 9.59 Å². The van der Waals surface area contributed by atoms with Gasteiger partial charge in [0.25, 0.3) is 0 Å². The second-order valence-electron chi connectivity index (χ2n) is 4.40. The Hall–Kier alpha value is -1.55. The fourth-order valence-electron chi connectivity index (χ4n) is 2.23. The maximum absolute atomic E-state index is 12.3. The van der Waals surface area contributed by atoms with Gasteiger partial charge in [0.1, 0.15) is 11.7 Å². The zero-order chi connectivity index (χ0) is 12.7. The van der Waals surface area contributed by atoms with Crippen molar-refractivity contribution in [2.24, 2.45) is 5.92 Å². The van der Waals surface area contributed by atoms with Crippen LogP contribution in [0.1, 0.15) is 28.4 Å². The Balaban J connectivity index is 2.62. The van der Waals surface area contributed by atoms with Crippen molar-refractivity contribution in [3.63, 3.8) is 0 Å². The number of benzene rings is 1. The Labute approximate surface area is 105 Å². The molecule has 1 unspecified atom stereocenters. The van der Waals surface area contributed by atoms with Crippen LogP contribution >= 0.6 is 12.2 Å². The molecule has 0 aliphatic carbocycles. The summed E-state index contributed by atoms with van der Waals surface area (Å²) < 4.78 is 0. The Morgan fingerprint density at radius 3 is 2.59 bits per heavy atom. The standard InChI is InChI=1S/C13H13NO2S/c1-6-4-7(2)10-9(5-6)14-13(17)11(8(3)15)12(10)16/h4-5,11H,1-3H3,(H,14,17). The van der Waals surface area contributed by atoms with E-state index >= 15 is 0 Å². The molecule has 1 heterocycles. The summed E-state index contributed by atoms with van der Waals surface area (Å²) in [7, 11) is 0. The van der Waals surface area contributed by atoms with Crippen LogP contribution in [0.15, 0.2) is 12.1 Å². The first-order valence-corrected chi connectivity index (χ1v) is 5.79. The highest BCUT2D eigenvalue weighted by Gasteiger charge is 2.35. The number of rotatable bonds is 1. The van der Waals surface area contributed by atoms with Gasteiger partial charge in [-0.05, 0) is 38.0 Å². The molecule has 2 rings (SSSR count). The number of ketones is 2. The largest absolute Gasteiger partial charge is 0.348 e. The summed E-state index contributed by atoms with van der Waals surface area (Å²) in [5.41, 5.74) is 3.25. The second kappa shape index (κ2) is 4.04. The van der Waals surface area contributed by atoms with Crippen LogP contribution in [0.4, 0.5) is 5.69 Å². The monoisotopic (exact) mass is 247 g/mol. The van der Waals surface area contributed by atoms with Gasteiger partial charge in [-0.25, -0.2) is 0 Å². The highest BCUT2D eigenvalue weighted by atomic mass is 32.1. The van der Waals surface area contributed by atoms with E-state index in [0.29, 0.717) is 10.6 Å². The van der Waals surface area contributed by atoms with Gasteiger partial charge >= 0.3 is 0 Å². The molecule has 0 aromatic heterocycles.